The van der Waals surface area contributed by atoms with Gasteiger partial charge in [0.1, 0.15) is 23.4 Å². The normalized spacial score (nSPS) is 10.6. The molecule has 5 nitrogen and oxygen atoms in total. The number of anilines is 1. The first-order chi connectivity index (χ1) is 8.85. The summed E-state index contributed by atoms with van der Waals surface area (Å²) in [6, 6.07) is 0. The van der Waals surface area contributed by atoms with E-state index in [2.05, 4.69) is 34.1 Å². The molecule has 6 heteroatoms. The summed E-state index contributed by atoms with van der Waals surface area (Å²) in [6.45, 7) is 5.13. The highest BCUT2D eigenvalue weighted by Crippen LogP contribution is 2.30. The Kier molecular flexibility index (Phi) is 4.58. The summed E-state index contributed by atoms with van der Waals surface area (Å²) < 4.78 is 5.23. The highest BCUT2D eigenvalue weighted by atomic mass is 32.2. The van der Waals surface area contributed by atoms with Crippen LogP contribution in [0.3, 0.4) is 0 Å². The highest BCUT2D eigenvalue weighted by Gasteiger charge is 2.12. The summed E-state index contributed by atoms with van der Waals surface area (Å²) in [6.07, 6.45) is 6.70. The summed E-state index contributed by atoms with van der Waals surface area (Å²) in [4.78, 5) is 12.7. The highest BCUT2D eigenvalue weighted by molar-refractivity contribution is 7.99. The Labute approximate surface area is 110 Å². The average molecular weight is 264 g/mol. The van der Waals surface area contributed by atoms with Crippen LogP contribution in [0.15, 0.2) is 33.5 Å². The summed E-state index contributed by atoms with van der Waals surface area (Å²) in [5.41, 5.74) is 1.11. The Morgan fingerprint density at radius 3 is 2.83 bits per heavy atom. The number of nitrogens with zero attached hydrogens (tertiary/aromatic N) is 3. The summed E-state index contributed by atoms with van der Waals surface area (Å²) in [7, 11) is 0. The van der Waals surface area contributed by atoms with Crippen LogP contribution in [0.4, 0.5) is 5.82 Å². The molecule has 0 saturated heterocycles. The maximum Gasteiger partial charge on any atom is 0.261 e. The largest absolute Gasteiger partial charge is 0.440 e. The fraction of sp³-hybridized carbons (Fsp3) is 0.417. The van der Waals surface area contributed by atoms with Crippen molar-refractivity contribution in [1.29, 1.82) is 0 Å². The van der Waals surface area contributed by atoms with Crippen molar-refractivity contribution in [3.8, 4) is 0 Å². The average Bonchev–Trinajstić information content (AvgIpc) is 2.89. The second-order valence-electron chi connectivity index (χ2n) is 3.69. The van der Waals surface area contributed by atoms with E-state index in [0.717, 1.165) is 35.8 Å². The predicted octanol–water partition coefficient (Wildman–Crippen LogP) is 3.00. The van der Waals surface area contributed by atoms with Crippen LogP contribution in [-0.2, 0) is 6.42 Å². The van der Waals surface area contributed by atoms with Crippen molar-refractivity contribution in [2.45, 2.75) is 36.9 Å². The van der Waals surface area contributed by atoms with Crippen LogP contribution in [0.25, 0.3) is 0 Å². The minimum atomic E-state index is 0.602. The summed E-state index contributed by atoms with van der Waals surface area (Å²) in [5.74, 6) is 0.906. The molecule has 0 fully saturated rings. The van der Waals surface area contributed by atoms with E-state index in [-0.39, 0.29) is 0 Å². The minimum Gasteiger partial charge on any atom is -0.440 e. The van der Waals surface area contributed by atoms with E-state index < -0.39 is 0 Å². The van der Waals surface area contributed by atoms with Crippen LogP contribution in [0.2, 0.25) is 0 Å². The van der Waals surface area contributed by atoms with Crippen LogP contribution in [0.5, 0.6) is 0 Å². The van der Waals surface area contributed by atoms with Crippen LogP contribution in [-0.4, -0.2) is 21.5 Å². The van der Waals surface area contributed by atoms with E-state index in [1.807, 2.05) is 0 Å². The SMILES string of the molecule is CCCNc1ncnc(Sc2ncco2)c1CC. The van der Waals surface area contributed by atoms with Crippen LogP contribution < -0.4 is 5.32 Å². The second-order valence-corrected chi connectivity index (χ2v) is 4.63. The molecule has 2 heterocycles. The molecule has 1 N–H and O–H groups in total. The third-order valence-electron chi connectivity index (χ3n) is 2.40. The molecule has 0 atom stereocenters. The molecule has 0 aliphatic carbocycles. The monoisotopic (exact) mass is 264 g/mol. The van der Waals surface area contributed by atoms with Gasteiger partial charge in [-0.15, -0.1) is 0 Å². The molecule has 0 aromatic carbocycles. The molecule has 2 aromatic heterocycles. The fourth-order valence-electron chi connectivity index (χ4n) is 1.54. The molecule has 0 aliphatic rings. The van der Waals surface area contributed by atoms with Gasteiger partial charge in [-0.3, -0.25) is 0 Å². The van der Waals surface area contributed by atoms with E-state index >= 15 is 0 Å². The first-order valence-electron chi connectivity index (χ1n) is 6.00. The molecule has 0 unspecified atom stereocenters. The molecular weight excluding hydrogens is 248 g/mol. The first-order valence-corrected chi connectivity index (χ1v) is 6.81. The van der Waals surface area contributed by atoms with Gasteiger partial charge in [0.2, 0.25) is 0 Å². The van der Waals surface area contributed by atoms with E-state index in [0.29, 0.717) is 5.22 Å². The second kappa shape index (κ2) is 6.39. The zero-order valence-electron chi connectivity index (χ0n) is 10.5. The maximum atomic E-state index is 5.23. The molecule has 0 radical (unpaired) electrons. The zero-order chi connectivity index (χ0) is 12.8. The van der Waals surface area contributed by atoms with E-state index in [1.165, 1.54) is 11.8 Å². The summed E-state index contributed by atoms with van der Waals surface area (Å²) >= 11 is 1.42. The Morgan fingerprint density at radius 2 is 2.17 bits per heavy atom. The van der Waals surface area contributed by atoms with Gasteiger partial charge in [-0.25, -0.2) is 15.0 Å². The van der Waals surface area contributed by atoms with Crippen molar-refractivity contribution < 1.29 is 4.42 Å². The minimum absolute atomic E-state index is 0.602. The number of nitrogens with one attached hydrogen (secondary N) is 1. The van der Waals surface area contributed by atoms with Crippen molar-refractivity contribution in [1.82, 2.24) is 15.0 Å². The number of rotatable bonds is 6. The molecule has 0 saturated carbocycles. The molecule has 18 heavy (non-hydrogen) atoms. The van der Waals surface area contributed by atoms with Gasteiger partial charge in [0.15, 0.2) is 0 Å². The van der Waals surface area contributed by atoms with Gasteiger partial charge in [0.25, 0.3) is 5.22 Å². The number of oxazole rings is 1. The topological polar surface area (TPSA) is 63.8 Å². The molecule has 2 rings (SSSR count). The molecular formula is C12H16N4OS. The van der Waals surface area contributed by atoms with Crippen molar-refractivity contribution >= 4 is 17.6 Å². The number of hydrogen-bond donors (Lipinski definition) is 1. The van der Waals surface area contributed by atoms with Crippen molar-refractivity contribution in [2.75, 3.05) is 11.9 Å². The first kappa shape index (κ1) is 12.9. The quantitative estimate of drug-likeness (QED) is 0.809. The van der Waals surface area contributed by atoms with Gasteiger partial charge in [0, 0.05) is 12.1 Å². The lowest BCUT2D eigenvalue weighted by atomic mass is 10.2. The lowest BCUT2D eigenvalue weighted by Crippen LogP contribution is -2.06. The predicted molar refractivity (Wildman–Crippen MR) is 70.8 cm³/mol. The Balaban J connectivity index is 2.23. The fourth-order valence-corrected chi connectivity index (χ4v) is 2.39. The Morgan fingerprint density at radius 1 is 1.28 bits per heavy atom. The molecule has 0 aliphatic heterocycles. The van der Waals surface area contributed by atoms with Crippen LogP contribution >= 0.6 is 11.8 Å². The lowest BCUT2D eigenvalue weighted by Gasteiger charge is -2.11. The smallest absolute Gasteiger partial charge is 0.261 e. The van der Waals surface area contributed by atoms with Gasteiger partial charge in [-0.1, -0.05) is 13.8 Å². The number of aromatic nitrogens is 3. The molecule has 96 valence electrons. The lowest BCUT2D eigenvalue weighted by molar-refractivity contribution is 0.454. The Bertz CT molecular complexity index is 487. The standard InChI is InChI=1S/C12H16N4OS/c1-3-5-13-10-9(4-2)11(16-8-15-10)18-12-14-6-7-17-12/h6-8H,3-5H2,1-2H3,(H,13,15,16). The van der Waals surface area contributed by atoms with Gasteiger partial charge in [-0.2, -0.15) is 0 Å². The van der Waals surface area contributed by atoms with Crippen LogP contribution in [0.1, 0.15) is 25.8 Å². The van der Waals surface area contributed by atoms with Gasteiger partial charge >= 0.3 is 0 Å². The number of hydrogen-bond acceptors (Lipinski definition) is 6. The molecule has 0 spiro atoms. The third-order valence-corrected chi connectivity index (χ3v) is 3.32. The van der Waals surface area contributed by atoms with Crippen LogP contribution in [0, 0.1) is 0 Å². The Hall–Kier alpha value is -1.56. The molecule has 0 amide bonds. The van der Waals surface area contributed by atoms with Crippen molar-refractivity contribution in [3.63, 3.8) is 0 Å². The van der Waals surface area contributed by atoms with Gasteiger partial charge in [-0.05, 0) is 24.6 Å². The van der Waals surface area contributed by atoms with Gasteiger partial charge < -0.3 is 9.73 Å². The van der Waals surface area contributed by atoms with E-state index in [9.17, 15) is 0 Å². The molecule has 2 aromatic rings. The van der Waals surface area contributed by atoms with E-state index in [1.54, 1.807) is 18.8 Å². The maximum absolute atomic E-state index is 5.23. The summed E-state index contributed by atoms with van der Waals surface area (Å²) in [5, 5.41) is 4.82. The zero-order valence-corrected chi connectivity index (χ0v) is 11.3. The third kappa shape index (κ3) is 3.01. The van der Waals surface area contributed by atoms with E-state index in [4.69, 9.17) is 4.42 Å². The van der Waals surface area contributed by atoms with Crippen molar-refractivity contribution in [2.24, 2.45) is 0 Å². The van der Waals surface area contributed by atoms with Gasteiger partial charge in [0.05, 0.1) is 6.20 Å². The molecule has 0 bridgehead atoms. The van der Waals surface area contributed by atoms with Crippen molar-refractivity contribution in [3.05, 3.63) is 24.4 Å².